The molecule has 1 fully saturated rings. The number of amides is 1. The molecule has 0 saturated heterocycles. The molecule has 0 atom stereocenters. The summed E-state index contributed by atoms with van der Waals surface area (Å²) in [6, 6.07) is 11.0. The van der Waals surface area contributed by atoms with Gasteiger partial charge < -0.3 is 15.7 Å². The first-order chi connectivity index (χ1) is 15.3. The highest BCUT2D eigenvalue weighted by Gasteiger charge is 2.30. The van der Waals surface area contributed by atoms with Gasteiger partial charge in [0.05, 0.1) is 16.6 Å². The summed E-state index contributed by atoms with van der Waals surface area (Å²) in [6.07, 6.45) is 2.90. The topological polar surface area (TPSA) is 95.5 Å². The van der Waals surface area contributed by atoms with Crippen LogP contribution in [0.4, 0.5) is 5.69 Å². The summed E-state index contributed by atoms with van der Waals surface area (Å²) < 4.78 is 0. The van der Waals surface area contributed by atoms with Crippen molar-refractivity contribution >= 4 is 41.1 Å². The molecule has 32 heavy (non-hydrogen) atoms. The zero-order valence-corrected chi connectivity index (χ0v) is 18.7. The third kappa shape index (κ3) is 5.77. The van der Waals surface area contributed by atoms with E-state index in [4.69, 9.17) is 16.7 Å². The number of aldehydes is 1. The van der Waals surface area contributed by atoms with E-state index in [0.29, 0.717) is 60.5 Å². The summed E-state index contributed by atoms with van der Waals surface area (Å²) in [5.41, 5.74) is 4.46. The van der Waals surface area contributed by atoms with E-state index < -0.39 is 5.97 Å². The molecule has 168 valence electrons. The van der Waals surface area contributed by atoms with E-state index in [1.807, 2.05) is 31.2 Å². The molecular formula is C25H27ClN2O4. The second kappa shape index (κ2) is 10.5. The van der Waals surface area contributed by atoms with Crippen molar-refractivity contribution in [3.8, 4) is 0 Å². The number of aliphatic carboxylic acids is 1. The number of hydrogen-bond donors (Lipinski definition) is 3. The average Bonchev–Trinajstić information content (AvgIpc) is 2.78. The molecule has 0 radical (unpaired) electrons. The fourth-order valence-electron chi connectivity index (χ4n) is 3.93. The zero-order chi connectivity index (χ0) is 23.3. The lowest BCUT2D eigenvalue weighted by Gasteiger charge is -2.26. The predicted octanol–water partition coefficient (Wildman–Crippen LogP) is 5.05. The van der Waals surface area contributed by atoms with E-state index in [9.17, 15) is 14.4 Å². The van der Waals surface area contributed by atoms with E-state index >= 15 is 0 Å². The van der Waals surface area contributed by atoms with Crippen molar-refractivity contribution in [3.63, 3.8) is 0 Å². The Morgan fingerprint density at radius 2 is 1.81 bits per heavy atom. The van der Waals surface area contributed by atoms with Crippen LogP contribution >= 0.6 is 11.6 Å². The fraction of sp³-hybridized carbons (Fsp3) is 0.320. The van der Waals surface area contributed by atoms with Gasteiger partial charge in [0.25, 0.3) is 0 Å². The van der Waals surface area contributed by atoms with Gasteiger partial charge in [-0.3, -0.25) is 14.4 Å². The molecule has 1 aliphatic rings. The summed E-state index contributed by atoms with van der Waals surface area (Å²) in [7, 11) is 0. The van der Waals surface area contributed by atoms with Crippen molar-refractivity contribution in [2.75, 3.05) is 5.32 Å². The molecule has 0 aliphatic heterocycles. The second-order valence-electron chi connectivity index (χ2n) is 8.23. The fourth-order valence-corrected chi connectivity index (χ4v) is 4.18. The van der Waals surface area contributed by atoms with Crippen LogP contribution in [0, 0.1) is 18.8 Å². The van der Waals surface area contributed by atoms with Crippen molar-refractivity contribution in [1.82, 2.24) is 5.32 Å². The number of nitrogens with one attached hydrogen (secondary N) is 2. The van der Waals surface area contributed by atoms with Gasteiger partial charge in [0.1, 0.15) is 0 Å². The molecule has 0 aromatic heterocycles. The van der Waals surface area contributed by atoms with E-state index in [2.05, 4.69) is 17.2 Å². The van der Waals surface area contributed by atoms with Crippen LogP contribution in [0.1, 0.15) is 52.7 Å². The molecule has 2 aromatic carbocycles. The van der Waals surface area contributed by atoms with Crippen LogP contribution in [0.3, 0.4) is 0 Å². The van der Waals surface area contributed by atoms with Crippen LogP contribution in [0.2, 0.25) is 5.02 Å². The minimum absolute atomic E-state index is 0.0945. The average molecular weight is 455 g/mol. The SMILES string of the molecule is C=C(NCc1ccc(C=O)c(Cl)c1)c1cc(C)ccc1NC(=O)C1CCC(C(=O)O)CC1. The quantitative estimate of drug-likeness (QED) is 0.485. The van der Waals surface area contributed by atoms with Gasteiger partial charge in [0, 0.05) is 29.3 Å². The lowest BCUT2D eigenvalue weighted by atomic mass is 9.81. The molecule has 0 bridgehead atoms. The van der Waals surface area contributed by atoms with Crippen molar-refractivity contribution < 1.29 is 19.5 Å². The number of hydrogen-bond acceptors (Lipinski definition) is 4. The molecule has 1 amide bonds. The standard InChI is InChI=1S/C25H27ClN2O4/c1-15-3-10-23(28-24(30)18-6-8-19(9-7-18)25(31)32)21(11-15)16(2)27-13-17-4-5-20(14-29)22(26)12-17/h3-5,10-12,14,18-19,27H,2,6-9,13H2,1H3,(H,28,30)(H,31,32). The third-order valence-electron chi connectivity index (χ3n) is 5.90. The number of carboxylic acid groups (broad SMARTS) is 1. The number of carbonyl (C=O) groups is 3. The highest BCUT2D eigenvalue weighted by atomic mass is 35.5. The van der Waals surface area contributed by atoms with E-state index in [0.717, 1.165) is 16.7 Å². The number of carbonyl (C=O) groups excluding carboxylic acids is 2. The van der Waals surface area contributed by atoms with Gasteiger partial charge in [-0.2, -0.15) is 0 Å². The highest BCUT2D eigenvalue weighted by molar-refractivity contribution is 6.33. The lowest BCUT2D eigenvalue weighted by Crippen LogP contribution is -2.30. The Labute approximate surface area is 192 Å². The van der Waals surface area contributed by atoms with Crippen molar-refractivity contribution in [2.24, 2.45) is 11.8 Å². The maximum atomic E-state index is 12.8. The van der Waals surface area contributed by atoms with E-state index in [1.165, 1.54) is 0 Å². The van der Waals surface area contributed by atoms with Crippen LogP contribution in [-0.4, -0.2) is 23.3 Å². The first-order valence-corrected chi connectivity index (χ1v) is 11.0. The molecule has 1 aliphatic carbocycles. The van der Waals surface area contributed by atoms with Gasteiger partial charge in [-0.05, 0) is 62.4 Å². The normalized spacial score (nSPS) is 17.9. The molecule has 0 heterocycles. The molecule has 0 unspecified atom stereocenters. The molecule has 2 aromatic rings. The summed E-state index contributed by atoms with van der Waals surface area (Å²) in [5, 5.41) is 15.8. The smallest absolute Gasteiger partial charge is 0.306 e. The summed E-state index contributed by atoms with van der Waals surface area (Å²) >= 11 is 6.10. The van der Waals surface area contributed by atoms with Gasteiger partial charge in [-0.25, -0.2) is 0 Å². The molecule has 1 saturated carbocycles. The molecule has 6 nitrogen and oxygen atoms in total. The van der Waals surface area contributed by atoms with Crippen molar-refractivity contribution in [3.05, 3.63) is 70.3 Å². The molecular weight excluding hydrogens is 428 g/mol. The Hall–Kier alpha value is -3.12. The Bertz CT molecular complexity index is 1040. The summed E-state index contributed by atoms with van der Waals surface area (Å²) in [4.78, 5) is 34.9. The van der Waals surface area contributed by atoms with Crippen molar-refractivity contribution in [2.45, 2.75) is 39.2 Å². The minimum Gasteiger partial charge on any atom is -0.481 e. The second-order valence-corrected chi connectivity index (χ2v) is 8.64. The van der Waals surface area contributed by atoms with Gasteiger partial charge in [-0.15, -0.1) is 0 Å². The number of halogens is 1. The molecule has 0 spiro atoms. The predicted molar refractivity (Wildman–Crippen MR) is 126 cm³/mol. The number of rotatable bonds is 8. The first kappa shape index (κ1) is 23.5. The van der Waals surface area contributed by atoms with Crippen molar-refractivity contribution in [1.29, 1.82) is 0 Å². The van der Waals surface area contributed by atoms with Crippen LogP contribution in [0.15, 0.2) is 43.0 Å². The highest BCUT2D eigenvalue weighted by Crippen LogP contribution is 2.31. The third-order valence-corrected chi connectivity index (χ3v) is 6.23. The van der Waals surface area contributed by atoms with Crippen LogP contribution in [0.5, 0.6) is 0 Å². The largest absolute Gasteiger partial charge is 0.481 e. The van der Waals surface area contributed by atoms with E-state index in [-0.39, 0.29) is 17.7 Å². The maximum absolute atomic E-state index is 12.8. The van der Waals surface area contributed by atoms with Crippen LogP contribution in [-0.2, 0) is 16.1 Å². The van der Waals surface area contributed by atoms with Gasteiger partial charge in [0.15, 0.2) is 6.29 Å². The van der Waals surface area contributed by atoms with Crippen LogP contribution < -0.4 is 10.6 Å². The summed E-state index contributed by atoms with van der Waals surface area (Å²) in [5.74, 6) is -1.43. The minimum atomic E-state index is -0.783. The van der Waals surface area contributed by atoms with Gasteiger partial charge in [-0.1, -0.05) is 35.9 Å². The first-order valence-electron chi connectivity index (χ1n) is 10.6. The summed E-state index contributed by atoms with van der Waals surface area (Å²) in [6.45, 7) is 6.55. The Balaban J connectivity index is 1.67. The Morgan fingerprint density at radius 3 is 2.44 bits per heavy atom. The number of benzene rings is 2. The Morgan fingerprint density at radius 1 is 1.12 bits per heavy atom. The molecule has 3 N–H and O–H groups in total. The molecule has 7 heteroatoms. The van der Waals surface area contributed by atoms with Gasteiger partial charge >= 0.3 is 5.97 Å². The zero-order valence-electron chi connectivity index (χ0n) is 18.0. The number of aryl methyl sites for hydroxylation is 1. The maximum Gasteiger partial charge on any atom is 0.306 e. The molecule has 3 rings (SSSR count). The number of anilines is 1. The van der Waals surface area contributed by atoms with Crippen LogP contribution in [0.25, 0.3) is 5.70 Å². The lowest BCUT2D eigenvalue weighted by molar-refractivity contribution is -0.143. The van der Waals surface area contributed by atoms with Gasteiger partial charge in [0.2, 0.25) is 5.91 Å². The monoisotopic (exact) mass is 454 g/mol. The van der Waals surface area contributed by atoms with E-state index in [1.54, 1.807) is 12.1 Å². The number of carboxylic acids is 1. The Kier molecular flexibility index (Phi) is 7.70.